The number of carbonyl (C=O) groups excluding carboxylic acids is 4. The number of carbonyl (C=O) groups is 4. The molecule has 1 saturated carbocycles. The third-order valence-corrected chi connectivity index (χ3v) is 11.0. The molecule has 2 aliphatic heterocycles. The molecule has 3 fully saturated rings. The Bertz CT molecular complexity index is 1740. The van der Waals surface area contributed by atoms with Gasteiger partial charge in [-0.05, 0) is 95.5 Å². The molecule has 6 rings (SSSR count). The fourth-order valence-corrected chi connectivity index (χ4v) is 7.79. The van der Waals surface area contributed by atoms with E-state index in [4.69, 9.17) is 0 Å². The number of hydrogen-bond acceptors (Lipinski definition) is 8. The van der Waals surface area contributed by atoms with E-state index < -0.39 is 35.6 Å². The SMILES string of the molecule is CCn1nccc1C(=O)NC(C(=O)Nc1ccc(CC(NC(=O)c2ccnn2C2CCN(C)CC2)C(=O)N2CCN(C)CC2)cc1F)C1CCCCC1. The summed E-state index contributed by atoms with van der Waals surface area (Å²) in [4.78, 5) is 60.9. The molecule has 3 aromatic rings. The summed E-state index contributed by atoms with van der Waals surface area (Å²) in [5, 5.41) is 17.2. The highest BCUT2D eigenvalue weighted by molar-refractivity contribution is 6.01. The van der Waals surface area contributed by atoms with Crippen LogP contribution in [0.3, 0.4) is 0 Å². The molecule has 3 N–H and O–H groups in total. The summed E-state index contributed by atoms with van der Waals surface area (Å²) >= 11 is 0. The van der Waals surface area contributed by atoms with Crippen molar-refractivity contribution in [1.82, 2.24) is 44.9 Å². The van der Waals surface area contributed by atoms with Crippen molar-refractivity contribution >= 4 is 29.3 Å². The molecule has 0 radical (unpaired) electrons. The van der Waals surface area contributed by atoms with Crippen molar-refractivity contribution in [2.45, 2.75) is 83.0 Å². The maximum absolute atomic E-state index is 15.8. The number of rotatable bonds is 12. The van der Waals surface area contributed by atoms with Gasteiger partial charge < -0.3 is 30.7 Å². The quantitative estimate of drug-likeness (QED) is 0.258. The zero-order valence-corrected chi connectivity index (χ0v) is 31.1. The largest absolute Gasteiger partial charge is 0.339 e. The zero-order chi connectivity index (χ0) is 37.5. The molecule has 286 valence electrons. The minimum atomic E-state index is -0.950. The molecule has 4 heterocycles. The first kappa shape index (κ1) is 38.1. The summed E-state index contributed by atoms with van der Waals surface area (Å²) in [6.45, 7) is 6.65. The van der Waals surface area contributed by atoms with Crippen molar-refractivity contribution < 1.29 is 23.6 Å². The molecule has 1 aromatic carbocycles. The van der Waals surface area contributed by atoms with E-state index in [2.05, 4.69) is 43.0 Å². The minimum absolute atomic E-state index is 0.0274. The normalized spacial score (nSPS) is 19.1. The highest BCUT2D eigenvalue weighted by Crippen LogP contribution is 2.28. The Kier molecular flexibility index (Phi) is 12.6. The van der Waals surface area contributed by atoms with Crippen LogP contribution in [0.2, 0.25) is 0 Å². The Morgan fingerprint density at radius 2 is 1.47 bits per heavy atom. The van der Waals surface area contributed by atoms with Gasteiger partial charge in [-0.15, -0.1) is 0 Å². The second-order valence-corrected chi connectivity index (χ2v) is 14.7. The molecule has 2 atom stereocenters. The zero-order valence-electron chi connectivity index (χ0n) is 31.1. The van der Waals surface area contributed by atoms with Gasteiger partial charge in [-0.1, -0.05) is 25.3 Å². The predicted octanol–water partition coefficient (Wildman–Crippen LogP) is 2.94. The number of benzene rings is 1. The fraction of sp³-hybridized carbons (Fsp3) is 0.579. The van der Waals surface area contributed by atoms with Crippen molar-refractivity contribution in [3.8, 4) is 0 Å². The van der Waals surface area contributed by atoms with Crippen LogP contribution in [-0.2, 0) is 22.6 Å². The Morgan fingerprint density at radius 3 is 2.17 bits per heavy atom. The molecule has 4 amide bonds. The first-order valence-electron chi connectivity index (χ1n) is 19.0. The molecule has 0 bridgehead atoms. The smallest absolute Gasteiger partial charge is 0.270 e. The molecule has 2 aromatic heterocycles. The van der Waals surface area contributed by atoms with Crippen LogP contribution >= 0.6 is 0 Å². The Labute approximate surface area is 310 Å². The lowest BCUT2D eigenvalue weighted by Gasteiger charge is -2.35. The summed E-state index contributed by atoms with van der Waals surface area (Å²) in [5.41, 5.74) is 1.21. The number of nitrogens with zero attached hydrogens (tertiary/aromatic N) is 7. The minimum Gasteiger partial charge on any atom is -0.339 e. The summed E-state index contributed by atoms with van der Waals surface area (Å²) in [7, 11) is 4.08. The molecule has 2 saturated heterocycles. The van der Waals surface area contributed by atoms with Crippen LogP contribution < -0.4 is 16.0 Å². The van der Waals surface area contributed by atoms with Gasteiger partial charge in [-0.2, -0.15) is 10.2 Å². The molecular weight excluding hydrogens is 679 g/mol. The lowest BCUT2D eigenvalue weighted by molar-refractivity contribution is -0.134. The van der Waals surface area contributed by atoms with E-state index in [1.165, 1.54) is 12.1 Å². The topological polar surface area (TPSA) is 150 Å². The summed E-state index contributed by atoms with van der Waals surface area (Å²) in [6, 6.07) is 5.99. The Hall–Kier alpha value is -4.63. The third-order valence-electron chi connectivity index (χ3n) is 11.0. The van der Waals surface area contributed by atoms with Crippen LogP contribution in [-0.4, -0.2) is 123 Å². The number of piperidine rings is 1. The van der Waals surface area contributed by atoms with Crippen LogP contribution in [0.5, 0.6) is 0 Å². The number of anilines is 1. The third kappa shape index (κ3) is 9.30. The van der Waals surface area contributed by atoms with E-state index in [1.807, 2.05) is 14.0 Å². The number of aryl methyl sites for hydroxylation is 1. The van der Waals surface area contributed by atoms with Crippen LogP contribution in [0, 0.1) is 11.7 Å². The van der Waals surface area contributed by atoms with Crippen molar-refractivity contribution in [2.75, 3.05) is 58.7 Å². The van der Waals surface area contributed by atoms with Gasteiger partial charge in [0, 0.05) is 51.5 Å². The van der Waals surface area contributed by atoms with E-state index >= 15 is 4.39 Å². The Balaban J connectivity index is 1.17. The monoisotopic (exact) mass is 732 g/mol. The van der Waals surface area contributed by atoms with Gasteiger partial charge in [0.15, 0.2) is 0 Å². The number of halogens is 1. The molecular formula is C38H53FN10O4. The first-order valence-corrected chi connectivity index (χ1v) is 19.0. The van der Waals surface area contributed by atoms with Crippen molar-refractivity contribution in [3.63, 3.8) is 0 Å². The maximum Gasteiger partial charge on any atom is 0.270 e. The van der Waals surface area contributed by atoms with Gasteiger partial charge in [0.05, 0.1) is 11.7 Å². The standard InChI is InChI=1S/C38H53FN10O4/c1-4-48-32(12-16-40-48)35(50)44-34(27-8-6-5-7-9-27)37(52)42-30-11-10-26(24-29(30)39)25-31(38(53)47-22-20-46(3)21-23-47)43-36(51)33-13-17-41-49(33)28-14-18-45(2)19-15-28/h10-13,16-17,24,27-28,31,34H,4-9,14-15,18-23,25H2,1-3H3,(H,42,52)(H,43,51)(H,44,50). The second kappa shape index (κ2) is 17.5. The van der Waals surface area contributed by atoms with E-state index in [0.717, 1.165) is 58.0 Å². The molecule has 3 aliphatic rings. The molecule has 0 spiro atoms. The number of hydrogen-bond donors (Lipinski definition) is 3. The Morgan fingerprint density at radius 1 is 0.811 bits per heavy atom. The van der Waals surface area contributed by atoms with Gasteiger partial charge in [-0.3, -0.25) is 28.5 Å². The number of nitrogens with one attached hydrogen (secondary N) is 3. The lowest BCUT2D eigenvalue weighted by atomic mass is 9.83. The summed E-state index contributed by atoms with van der Waals surface area (Å²) in [5.74, 6) is -2.30. The van der Waals surface area contributed by atoms with Crippen molar-refractivity contribution in [1.29, 1.82) is 0 Å². The van der Waals surface area contributed by atoms with Crippen LogP contribution in [0.25, 0.3) is 0 Å². The van der Waals surface area contributed by atoms with Gasteiger partial charge >= 0.3 is 0 Å². The highest BCUT2D eigenvalue weighted by atomic mass is 19.1. The number of likely N-dealkylation sites (N-methyl/N-ethyl adjacent to an activating group) is 1. The van der Waals surface area contributed by atoms with E-state index in [0.29, 0.717) is 49.7 Å². The fourth-order valence-electron chi connectivity index (χ4n) is 7.79. The molecule has 15 heteroatoms. The van der Waals surface area contributed by atoms with Crippen molar-refractivity contribution in [2.24, 2.45) is 5.92 Å². The van der Waals surface area contributed by atoms with Gasteiger partial charge in [0.2, 0.25) is 11.8 Å². The predicted molar refractivity (Wildman–Crippen MR) is 198 cm³/mol. The molecule has 1 aliphatic carbocycles. The number of likely N-dealkylation sites (tertiary alicyclic amines) is 1. The number of amides is 4. The van der Waals surface area contributed by atoms with Crippen LogP contribution in [0.4, 0.5) is 10.1 Å². The van der Waals surface area contributed by atoms with Gasteiger partial charge in [0.25, 0.3) is 11.8 Å². The van der Waals surface area contributed by atoms with Crippen LogP contribution in [0.1, 0.15) is 84.5 Å². The molecule has 53 heavy (non-hydrogen) atoms. The van der Waals surface area contributed by atoms with Gasteiger partial charge in [-0.25, -0.2) is 4.39 Å². The average Bonchev–Trinajstić information content (AvgIpc) is 3.86. The number of aromatic nitrogens is 4. The number of piperazine rings is 1. The maximum atomic E-state index is 15.8. The highest BCUT2D eigenvalue weighted by Gasteiger charge is 2.34. The van der Waals surface area contributed by atoms with E-state index in [-0.39, 0.29) is 30.0 Å². The van der Waals surface area contributed by atoms with E-state index in [1.54, 1.807) is 44.9 Å². The molecule has 2 unspecified atom stereocenters. The lowest BCUT2D eigenvalue weighted by Crippen LogP contribution is -2.55. The van der Waals surface area contributed by atoms with Crippen LogP contribution in [0.15, 0.2) is 42.7 Å². The second-order valence-electron chi connectivity index (χ2n) is 14.7. The first-order chi connectivity index (χ1) is 25.6. The van der Waals surface area contributed by atoms with Crippen molar-refractivity contribution in [3.05, 3.63) is 65.5 Å². The van der Waals surface area contributed by atoms with Gasteiger partial charge in [0.1, 0.15) is 29.3 Å². The average molecular weight is 733 g/mol. The summed E-state index contributed by atoms with van der Waals surface area (Å²) in [6.07, 6.45) is 9.46. The summed E-state index contributed by atoms with van der Waals surface area (Å²) < 4.78 is 19.1. The molecule has 14 nitrogen and oxygen atoms in total. The van der Waals surface area contributed by atoms with E-state index in [9.17, 15) is 19.2 Å².